The maximum absolute atomic E-state index is 11.8. The van der Waals surface area contributed by atoms with Crippen molar-refractivity contribution >= 4 is 29.1 Å². The summed E-state index contributed by atoms with van der Waals surface area (Å²) in [7, 11) is 0. The Balaban J connectivity index is 1.84. The van der Waals surface area contributed by atoms with Crippen molar-refractivity contribution in [2.24, 2.45) is 0 Å². The van der Waals surface area contributed by atoms with E-state index in [4.69, 9.17) is 5.11 Å². The van der Waals surface area contributed by atoms with Gasteiger partial charge in [-0.3, -0.25) is 19.7 Å². The molecule has 0 atom stereocenters. The lowest BCUT2D eigenvalue weighted by Gasteiger charge is -2.07. The Morgan fingerprint density at radius 1 is 1.17 bits per heavy atom. The van der Waals surface area contributed by atoms with Crippen molar-refractivity contribution in [3.8, 4) is 0 Å². The fourth-order valence-electron chi connectivity index (χ4n) is 1.86. The fraction of sp³-hybridized carbons (Fsp3) is 0.133. The van der Waals surface area contributed by atoms with E-state index in [2.05, 4.69) is 15.6 Å². The topological polar surface area (TPSA) is 134 Å². The van der Waals surface area contributed by atoms with Crippen LogP contribution in [0.15, 0.2) is 42.6 Å². The molecular weight excluding hydrogens is 316 g/mol. The number of carboxylic acid groups (broad SMARTS) is 1. The van der Waals surface area contributed by atoms with Crippen molar-refractivity contribution in [3.63, 3.8) is 0 Å². The minimum absolute atomic E-state index is 0.0678. The molecule has 1 heterocycles. The standard InChI is InChI=1S/C15H14N4O5/c20-14(9-17-13-6-5-12(8-16-13)19(23)24)18-11-3-1-10(2-4-11)7-15(21)22/h1-6,8H,7,9H2,(H,16,17)(H,18,20)(H,21,22). The molecule has 24 heavy (non-hydrogen) atoms. The normalized spacial score (nSPS) is 10.0. The number of anilines is 2. The predicted octanol–water partition coefficient (Wildman–Crippen LogP) is 1.67. The van der Waals surface area contributed by atoms with E-state index in [9.17, 15) is 19.7 Å². The lowest BCUT2D eigenvalue weighted by atomic mass is 10.1. The van der Waals surface area contributed by atoms with Crippen LogP contribution in [0.4, 0.5) is 17.2 Å². The highest BCUT2D eigenvalue weighted by Gasteiger charge is 2.07. The van der Waals surface area contributed by atoms with Gasteiger partial charge >= 0.3 is 5.97 Å². The summed E-state index contributed by atoms with van der Waals surface area (Å²) in [6.45, 7) is -0.0678. The second-order valence-electron chi connectivity index (χ2n) is 4.83. The van der Waals surface area contributed by atoms with Crippen molar-refractivity contribution in [2.75, 3.05) is 17.2 Å². The van der Waals surface area contributed by atoms with Crippen LogP contribution in [0.3, 0.4) is 0 Å². The Morgan fingerprint density at radius 3 is 2.42 bits per heavy atom. The number of nitrogens with zero attached hydrogens (tertiary/aromatic N) is 2. The maximum atomic E-state index is 11.8. The zero-order valence-corrected chi connectivity index (χ0v) is 12.4. The first-order valence-corrected chi connectivity index (χ1v) is 6.89. The molecule has 1 aromatic carbocycles. The zero-order chi connectivity index (χ0) is 17.5. The second-order valence-corrected chi connectivity index (χ2v) is 4.83. The van der Waals surface area contributed by atoms with Crippen LogP contribution >= 0.6 is 0 Å². The fourth-order valence-corrected chi connectivity index (χ4v) is 1.86. The molecule has 2 rings (SSSR count). The largest absolute Gasteiger partial charge is 0.481 e. The molecule has 0 bridgehead atoms. The van der Waals surface area contributed by atoms with E-state index in [1.807, 2.05) is 0 Å². The third-order valence-electron chi connectivity index (χ3n) is 2.98. The van der Waals surface area contributed by atoms with Crippen molar-refractivity contribution in [2.45, 2.75) is 6.42 Å². The molecule has 1 amide bonds. The number of carbonyl (C=O) groups excluding carboxylic acids is 1. The zero-order valence-electron chi connectivity index (χ0n) is 12.4. The third-order valence-corrected chi connectivity index (χ3v) is 2.98. The van der Waals surface area contributed by atoms with Gasteiger partial charge in [0.05, 0.1) is 17.9 Å². The monoisotopic (exact) mass is 330 g/mol. The van der Waals surface area contributed by atoms with Crippen LogP contribution in [0, 0.1) is 10.1 Å². The number of hydrogen-bond donors (Lipinski definition) is 3. The van der Waals surface area contributed by atoms with Gasteiger partial charge in [0.1, 0.15) is 12.0 Å². The minimum atomic E-state index is -0.924. The summed E-state index contributed by atoms with van der Waals surface area (Å²) in [6.07, 6.45) is 1.02. The van der Waals surface area contributed by atoms with Crippen LogP contribution in [0.1, 0.15) is 5.56 Å². The molecule has 124 valence electrons. The van der Waals surface area contributed by atoms with Gasteiger partial charge in [0, 0.05) is 11.8 Å². The second kappa shape index (κ2) is 7.68. The molecule has 0 radical (unpaired) electrons. The Hall–Kier alpha value is -3.49. The first-order valence-electron chi connectivity index (χ1n) is 6.89. The number of hydrogen-bond acceptors (Lipinski definition) is 6. The molecule has 0 aliphatic heterocycles. The number of carbonyl (C=O) groups is 2. The molecule has 0 spiro atoms. The van der Waals surface area contributed by atoms with Crippen molar-refractivity contribution in [3.05, 3.63) is 58.3 Å². The summed E-state index contributed by atoms with van der Waals surface area (Å²) in [4.78, 5) is 36.2. The van der Waals surface area contributed by atoms with E-state index in [1.54, 1.807) is 24.3 Å². The molecule has 0 fully saturated rings. The van der Waals surface area contributed by atoms with Crippen molar-refractivity contribution < 1.29 is 19.6 Å². The van der Waals surface area contributed by atoms with Crippen LogP contribution in [0.5, 0.6) is 0 Å². The van der Waals surface area contributed by atoms with Gasteiger partial charge in [0.2, 0.25) is 5.91 Å². The molecule has 0 saturated heterocycles. The van der Waals surface area contributed by atoms with Crippen LogP contribution in [0.2, 0.25) is 0 Å². The molecule has 0 aliphatic carbocycles. The van der Waals surface area contributed by atoms with Gasteiger partial charge in [0.25, 0.3) is 5.69 Å². The highest BCUT2D eigenvalue weighted by atomic mass is 16.6. The van der Waals surface area contributed by atoms with Crippen LogP contribution < -0.4 is 10.6 Å². The van der Waals surface area contributed by atoms with Gasteiger partial charge in [0.15, 0.2) is 0 Å². The molecule has 9 heteroatoms. The summed E-state index contributed by atoms with van der Waals surface area (Å²) in [6, 6.07) is 9.16. The Labute approximate surface area is 136 Å². The van der Waals surface area contributed by atoms with Crippen molar-refractivity contribution in [1.82, 2.24) is 4.98 Å². The van der Waals surface area contributed by atoms with Gasteiger partial charge < -0.3 is 15.7 Å². The molecular formula is C15H14N4O5. The quantitative estimate of drug-likeness (QED) is 0.519. The van der Waals surface area contributed by atoms with E-state index < -0.39 is 10.9 Å². The summed E-state index contributed by atoms with van der Waals surface area (Å²) in [5.41, 5.74) is 1.03. The van der Waals surface area contributed by atoms with Gasteiger partial charge in [-0.05, 0) is 23.8 Å². The Kier molecular flexibility index (Phi) is 5.40. The summed E-state index contributed by atoms with van der Waals surface area (Å²) < 4.78 is 0. The van der Waals surface area contributed by atoms with E-state index in [1.165, 1.54) is 12.1 Å². The number of aromatic nitrogens is 1. The van der Waals surface area contributed by atoms with Gasteiger partial charge in [-0.2, -0.15) is 0 Å². The summed E-state index contributed by atoms with van der Waals surface area (Å²) in [5.74, 6) is -0.916. The number of carboxylic acids is 1. The lowest BCUT2D eigenvalue weighted by molar-refractivity contribution is -0.385. The Morgan fingerprint density at radius 2 is 1.88 bits per heavy atom. The number of nitro groups is 1. The van der Waals surface area contributed by atoms with E-state index in [0.717, 1.165) is 6.20 Å². The molecule has 0 aliphatic rings. The highest BCUT2D eigenvalue weighted by molar-refractivity contribution is 5.93. The average Bonchev–Trinajstić information content (AvgIpc) is 2.54. The molecule has 2 aromatic rings. The smallest absolute Gasteiger partial charge is 0.307 e. The van der Waals surface area contributed by atoms with Gasteiger partial charge in [-0.25, -0.2) is 4.98 Å². The van der Waals surface area contributed by atoms with Gasteiger partial charge in [-0.1, -0.05) is 12.1 Å². The molecule has 0 saturated carbocycles. The molecule has 0 unspecified atom stereocenters. The SMILES string of the molecule is O=C(O)Cc1ccc(NC(=O)CNc2ccc([N+](=O)[O-])cn2)cc1. The van der Waals surface area contributed by atoms with Gasteiger partial charge in [-0.15, -0.1) is 0 Å². The number of benzene rings is 1. The van der Waals surface area contributed by atoms with Crippen molar-refractivity contribution in [1.29, 1.82) is 0 Å². The number of aliphatic carboxylic acids is 1. The summed E-state index contributed by atoms with van der Waals surface area (Å²) >= 11 is 0. The average molecular weight is 330 g/mol. The lowest BCUT2D eigenvalue weighted by Crippen LogP contribution is -2.22. The third kappa shape index (κ3) is 5.05. The molecule has 1 aromatic heterocycles. The molecule has 3 N–H and O–H groups in total. The van der Waals surface area contributed by atoms with Crippen LogP contribution in [-0.2, 0) is 16.0 Å². The first-order chi connectivity index (χ1) is 11.4. The number of pyridine rings is 1. The number of amides is 1. The molecule has 9 nitrogen and oxygen atoms in total. The van der Waals surface area contributed by atoms with E-state index >= 15 is 0 Å². The summed E-state index contributed by atoms with van der Waals surface area (Å²) in [5, 5.41) is 24.6. The van der Waals surface area contributed by atoms with E-state index in [-0.39, 0.29) is 24.6 Å². The number of rotatable bonds is 7. The maximum Gasteiger partial charge on any atom is 0.307 e. The van der Waals surface area contributed by atoms with Crippen LogP contribution in [0.25, 0.3) is 0 Å². The minimum Gasteiger partial charge on any atom is -0.481 e. The van der Waals surface area contributed by atoms with Crippen LogP contribution in [-0.4, -0.2) is 33.4 Å². The number of nitrogens with one attached hydrogen (secondary N) is 2. The first kappa shape index (κ1) is 16.9. The van der Waals surface area contributed by atoms with E-state index in [0.29, 0.717) is 17.1 Å². The highest BCUT2D eigenvalue weighted by Crippen LogP contribution is 2.12. The predicted molar refractivity (Wildman–Crippen MR) is 85.8 cm³/mol. The Bertz CT molecular complexity index is 743.